The van der Waals surface area contributed by atoms with Crippen molar-refractivity contribution in [1.29, 1.82) is 0 Å². The van der Waals surface area contributed by atoms with E-state index in [-0.39, 0.29) is 5.52 Å². The summed E-state index contributed by atoms with van der Waals surface area (Å²) in [5, 5.41) is 4.08. The normalized spacial score (nSPS) is 10.6. The summed E-state index contributed by atoms with van der Waals surface area (Å²) in [6.07, 6.45) is 2.67. The van der Waals surface area contributed by atoms with E-state index in [0.717, 1.165) is 6.39 Å². The standard InChI is InChI=1S/C6H3ClN2O2/c7-4-1-2-9-5(4)6(10)11-3-8-9/h1-3H. The Kier molecular flexibility index (Phi) is 1.22. The van der Waals surface area contributed by atoms with E-state index in [2.05, 4.69) is 9.52 Å². The topological polar surface area (TPSA) is 47.5 Å². The molecule has 5 heteroatoms. The molecule has 0 fully saturated rings. The molecule has 0 saturated carbocycles. The summed E-state index contributed by atoms with van der Waals surface area (Å²) < 4.78 is 5.88. The van der Waals surface area contributed by atoms with Crippen LogP contribution in [0.3, 0.4) is 0 Å². The van der Waals surface area contributed by atoms with Crippen LogP contribution in [0.15, 0.2) is 27.9 Å². The van der Waals surface area contributed by atoms with E-state index < -0.39 is 5.63 Å². The maximum absolute atomic E-state index is 10.9. The average molecular weight is 171 g/mol. The predicted octanol–water partition coefficient (Wildman–Crippen LogP) is 0.941. The Labute approximate surface area is 66.0 Å². The molecule has 0 saturated heterocycles. The third-order valence-electron chi connectivity index (χ3n) is 1.34. The number of aromatic nitrogens is 2. The number of rotatable bonds is 0. The lowest BCUT2D eigenvalue weighted by Gasteiger charge is -1.87. The quantitative estimate of drug-likeness (QED) is 0.591. The molecule has 56 valence electrons. The number of nitrogens with zero attached hydrogens (tertiary/aromatic N) is 2. The molecule has 0 atom stereocenters. The second-order valence-corrected chi connectivity index (χ2v) is 2.39. The van der Waals surface area contributed by atoms with Gasteiger partial charge in [-0.15, -0.1) is 5.10 Å². The van der Waals surface area contributed by atoms with Crippen molar-refractivity contribution >= 4 is 17.1 Å². The zero-order chi connectivity index (χ0) is 7.84. The van der Waals surface area contributed by atoms with Gasteiger partial charge in [0.05, 0.1) is 5.02 Å². The van der Waals surface area contributed by atoms with Crippen LogP contribution in [0.4, 0.5) is 0 Å². The molecular weight excluding hydrogens is 168 g/mol. The predicted molar refractivity (Wildman–Crippen MR) is 38.7 cm³/mol. The van der Waals surface area contributed by atoms with Crippen molar-refractivity contribution in [3.05, 3.63) is 34.1 Å². The first-order valence-corrected chi connectivity index (χ1v) is 3.27. The van der Waals surface area contributed by atoms with E-state index in [9.17, 15) is 4.79 Å². The fourth-order valence-electron chi connectivity index (χ4n) is 0.864. The monoisotopic (exact) mass is 170 g/mol. The highest BCUT2D eigenvalue weighted by Crippen LogP contribution is 2.12. The first-order chi connectivity index (χ1) is 5.29. The van der Waals surface area contributed by atoms with Gasteiger partial charge in [0.2, 0.25) is 6.39 Å². The van der Waals surface area contributed by atoms with Crippen molar-refractivity contribution in [1.82, 2.24) is 9.61 Å². The van der Waals surface area contributed by atoms with Crippen LogP contribution in [-0.4, -0.2) is 9.61 Å². The van der Waals surface area contributed by atoms with Gasteiger partial charge in [-0.05, 0) is 6.07 Å². The zero-order valence-corrected chi connectivity index (χ0v) is 6.08. The summed E-state index contributed by atoms with van der Waals surface area (Å²) in [5.41, 5.74) is -0.204. The SMILES string of the molecule is O=c1ocnn2ccc(Cl)c12. The van der Waals surface area contributed by atoms with E-state index >= 15 is 0 Å². The summed E-state index contributed by atoms with van der Waals surface area (Å²) in [6, 6.07) is 1.58. The fourth-order valence-corrected chi connectivity index (χ4v) is 1.08. The Bertz CT molecular complexity index is 445. The molecule has 0 aliphatic carbocycles. The van der Waals surface area contributed by atoms with Crippen molar-refractivity contribution in [2.24, 2.45) is 0 Å². The van der Waals surface area contributed by atoms with E-state index in [4.69, 9.17) is 11.6 Å². The average Bonchev–Trinajstić information content (AvgIpc) is 2.34. The number of halogens is 1. The van der Waals surface area contributed by atoms with Crippen molar-refractivity contribution in [3.63, 3.8) is 0 Å². The fraction of sp³-hybridized carbons (Fsp3) is 0. The van der Waals surface area contributed by atoms with E-state index in [0.29, 0.717) is 5.02 Å². The van der Waals surface area contributed by atoms with Crippen LogP contribution in [0.25, 0.3) is 5.52 Å². The molecule has 0 spiro atoms. The van der Waals surface area contributed by atoms with Gasteiger partial charge in [0.1, 0.15) is 0 Å². The van der Waals surface area contributed by atoms with E-state index in [1.165, 1.54) is 4.52 Å². The molecule has 2 rings (SSSR count). The summed E-state index contributed by atoms with van der Waals surface area (Å²) in [6.45, 7) is 0. The van der Waals surface area contributed by atoms with Gasteiger partial charge in [-0.3, -0.25) is 0 Å². The highest BCUT2D eigenvalue weighted by Gasteiger charge is 2.04. The maximum atomic E-state index is 10.9. The zero-order valence-electron chi connectivity index (χ0n) is 5.32. The van der Waals surface area contributed by atoms with Crippen LogP contribution in [-0.2, 0) is 0 Å². The molecule has 4 nitrogen and oxygen atoms in total. The van der Waals surface area contributed by atoms with E-state index in [1.54, 1.807) is 12.3 Å². The van der Waals surface area contributed by atoms with Crippen molar-refractivity contribution in [2.75, 3.05) is 0 Å². The molecule has 0 bridgehead atoms. The van der Waals surface area contributed by atoms with Crippen molar-refractivity contribution in [3.8, 4) is 0 Å². The first-order valence-electron chi connectivity index (χ1n) is 2.89. The van der Waals surface area contributed by atoms with Gasteiger partial charge in [0, 0.05) is 6.20 Å². The highest BCUT2D eigenvalue weighted by molar-refractivity contribution is 6.33. The molecule has 0 amide bonds. The van der Waals surface area contributed by atoms with Crippen LogP contribution in [0.2, 0.25) is 5.02 Å². The van der Waals surface area contributed by atoms with Crippen LogP contribution in [0.5, 0.6) is 0 Å². The van der Waals surface area contributed by atoms with Crippen molar-refractivity contribution in [2.45, 2.75) is 0 Å². The molecule has 2 heterocycles. The Balaban J connectivity index is 3.08. The largest absolute Gasteiger partial charge is 0.408 e. The molecule has 2 aromatic heterocycles. The Morgan fingerprint density at radius 1 is 1.64 bits per heavy atom. The summed E-state index contributed by atoms with van der Waals surface area (Å²) in [7, 11) is 0. The van der Waals surface area contributed by atoms with Gasteiger partial charge in [-0.2, -0.15) is 0 Å². The Morgan fingerprint density at radius 2 is 2.45 bits per heavy atom. The number of fused-ring (bicyclic) bond motifs is 1. The minimum atomic E-state index is -0.477. The van der Waals surface area contributed by atoms with Crippen LogP contribution >= 0.6 is 11.6 Å². The molecule has 2 aromatic rings. The van der Waals surface area contributed by atoms with Crippen LogP contribution in [0, 0.1) is 0 Å². The minimum Gasteiger partial charge on any atom is -0.408 e. The lowest BCUT2D eigenvalue weighted by Crippen LogP contribution is -2.04. The minimum absolute atomic E-state index is 0.272. The number of hydrogen-bond acceptors (Lipinski definition) is 3. The first kappa shape index (κ1) is 6.42. The van der Waals surface area contributed by atoms with Gasteiger partial charge in [-0.1, -0.05) is 11.6 Å². The maximum Gasteiger partial charge on any atom is 0.364 e. The third kappa shape index (κ3) is 0.832. The summed E-state index contributed by atoms with van der Waals surface area (Å²) >= 11 is 5.66. The van der Waals surface area contributed by atoms with E-state index in [1.807, 2.05) is 0 Å². The van der Waals surface area contributed by atoms with Crippen LogP contribution < -0.4 is 5.63 Å². The molecule has 0 aliphatic rings. The summed E-state index contributed by atoms with van der Waals surface area (Å²) in [4.78, 5) is 10.9. The lowest BCUT2D eigenvalue weighted by atomic mass is 10.5. The smallest absolute Gasteiger partial charge is 0.364 e. The van der Waals surface area contributed by atoms with Gasteiger partial charge in [0.25, 0.3) is 0 Å². The van der Waals surface area contributed by atoms with Gasteiger partial charge >= 0.3 is 5.63 Å². The van der Waals surface area contributed by atoms with Crippen LogP contribution in [0.1, 0.15) is 0 Å². The Hall–Kier alpha value is -1.29. The lowest BCUT2D eigenvalue weighted by molar-refractivity contribution is 0.477. The second kappa shape index (κ2) is 2.10. The van der Waals surface area contributed by atoms with Gasteiger partial charge in [0.15, 0.2) is 5.52 Å². The molecule has 0 aromatic carbocycles. The molecular formula is C6H3ClN2O2. The molecule has 0 aliphatic heterocycles. The van der Waals surface area contributed by atoms with Gasteiger partial charge in [-0.25, -0.2) is 9.31 Å². The summed E-state index contributed by atoms with van der Waals surface area (Å²) in [5.74, 6) is 0. The van der Waals surface area contributed by atoms with Crippen molar-refractivity contribution < 1.29 is 4.42 Å². The molecule has 11 heavy (non-hydrogen) atoms. The third-order valence-corrected chi connectivity index (χ3v) is 1.65. The molecule has 0 radical (unpaired) electrons. The number of hydrogen-bond donors (Lipinski definition) is 0. The molecule has 0 N–H and O–H groups in total. The highest BCUT2D eigenvalue weighted by atomic mass is 35.5. The Morgan fingerprint density at radius 3 is 3.18 bits per heavy atom. The van der Waals surface area contributed by atoms with Gasteiger partial charge < -0.3 is 4.42 Å². The molecule has 0 unspecified atom stereocenters. The second-order valence-electron chi connectivity index (χ2n) is 1.98.